The second-order valence-corrected chi connectivity index (χ2v) is 7.82. The number of hydrogen-bond acceptors (Lipinski definition) is 5. The predicted molar refractivity (Wildman–Crippen MR) is 109 cm³/mol. The Balaban J connectivity index is 1.32. The second kappa shape index (κ2) is 7.11. The highest BCUT2D eigenvalue weighted by molar-refractivity contribution is 6.04. The van der Waals surface area contributed by atoms with Crippen LogP contribution in [0.2, 0.25) is 0 Å². The number of benzene rings is 1. The molecule has 0 aliphatic carbocycles. The molecule has 7 nitrogen and oxygen atoms in total. The molecule has 150 valence electrons. The molecule has 8 heteroatoms. The lowest BCUT2D eigenvalue weighted by Crippen LogP contribution is -2.50. The maximum absolute atomic E-state index is 14.7. The van der Waals surface area contributed by atoms with Crippen LogP contribution in [0.5, 0.6) is 0 Å². The Bertz CT molecular complexity index is 1080. The number of amides is 1. The van der Waals surface area contributed by atoms with Crippen molar-refractivity contribution in [2.75, 3.05) is 36.4 Å². The minimum absolute atomic E-state index is 0.0111. The first-order valence-electron chi connectivity index (χ1n) is 9.98. The summed E-state index contributed by atoms with van der Waals surface area (Å²) in [6.07, 6.45) is 7.52. The lowest BCUT2D eigenvalue weighted by molar-refractivity contribution is 0.102. The first-order valence-corrected chi connectivity index (χ1v) is 9.98. The highest BCUT2D eigenvalue weighted by Gasteiger charge is 2.30. The van der Waals surface area contributed by atoms with E-state index in [0.717, 1.165) is 31.0 Å². The van der Waals surface area contributed by atoms with Gasteiger partial charge in [-0.2, -0.15) is 0 Å². The smallest absolute Gasteiger partial charge is 0.259 e. The zero-order valence-electron chi connectivity index (χ0n) is 16.3. The van der Waals surface area contributed by atoms with Crippen molar-refractivity contribution >= 4 is 23.1 Å². The molecule has 0 saturated carbocycles. The van der Waals surface area contributed by atoms with Crippen LogP contribution in [0.25, 0.3) is 5.65 Å². The average molecular weight is 394 g/mol. The van der Waals surface area contributed by atoms with Crippen molar-refractivity contribution < 1.29 is 9.18 Å². The first-order chi connectivity index (χ1) is 14.1. The number of aryl methyl sites for hydroxylation is 1. The molecule has 29 heavy (non-hydrogen) atoms. The van der Waals surface area contributed by atoms with Crippen LogP contribution in [-0.4, -0.2) is 57.4 Å². The molecule has 2 aliphatic rings. The maximum Gasteiger partial charge on any atom is 0.259 e. The summed E-state index contributed by atoms with van der Waals surface area (Å²) >= 11 is 0. The Labute approximate surface area is 168 Å². The van der Waals surface area contributed by atoms with E-state index >= 15 is 0 Å². The molecule has 2 aliphatic heterocycles. The Morgan fingerprint density at radius 2 is 2.14 bits per heavy atom. The highest BCUT2D eigenvalue weighted by Crippen LogP contribution is 2.27. The number of nitrogens with one attached hydrogen (secondary N) is 1. The lowest BCUT2D eigenvalue weighted by Gasteiger charge is -2.38. The molecule has 0 spiro atoms. The Morgan fingerprint density at radius 1 is 1.24 bits per heavy atom. The van der Waals surface area contributed by atoms with Crippen LogP contribution in [0.3, 0.4) is 0 Å². The number of piperazine rings is 1. The molecular formula is C21H23FN6O. The van der Waals surface area contributed by atoms with Gasteiger partial charge in [0.2, 0.25) is 0 Å². The summed E-state index contributed by atoms with van der Waals surface area (Å²) in [6.45, 7) is 5.87. The number of carbonyl (C=O) groups excluding carboxylic acids is 1. The van der Waals surface area contributed by atoms with Gasteiger partial charge in [-0.3, -0.25) is 9.69 Å². The van der Waals surface area contributed by atoms with E-state index in [9.17, 15) is 9.18 Å². The summed E-state index contributed by atoms with van der Waals surface area (Å²) in [5.41, 5.74) is 2.39. The average Bonchev–Trinajstić information content (AvgIpc) is 3.32. The van der Waals surface area contributed by atoms with Crippen LogP contribution < -0.4 is 10.2 Å². The third-order valence-electron chi connectivity index (χ3n) is 5.85. The van der Waals surface area contributed by atoms with E-state index < -0.39 is 11.7 Å². The Morgan fingerprint density at radius 3 is 3.00 bits per heavy atom. The number of carbonyl (C=O) groups is 1. The van der Waals surface area contributed by atoms with Crippen molar-refractivity contribution in [1.82, 2.24) is 19.3 Å². The van der Waals surface area contributed by atoms with Gasteiger partial charge in [-0.25, -0.2) is 14.4 Å². The summed E-state index contributed by atoms with van der Waals surface area (Å²) < 4.78 is 16.5. The van der Waals surface area contributed by atoms with E-state index in [4.69, 9.17) is 0 Å². The van der Waals surface area contributed by atoms with Gasteiger partial charge in [-0.15, -0.1) is 0 Å². The van der Waals surface area contributed by atoms with Gasteiger partial charge >= 0.3 is 0 Å². The fourth-order valence-corrected chi connectivity index (χ4v) is 4.38. The highest BCUT2D eigenvalue weighted by atomic mass is 19.1. The number of anilines is 2. The van der Waals surface area contributed by atoms with Crippen LogP contribution >= 0.6 is 0 Å². The number of fused-ring (bicyclic) bond motifs is 2. The summed E-state index contributed by atoms with van der Waals surface area (Å²) in [5.74, 6) is -0.688. The molecule has 3 aromatic rings. The van der Waals surface area contributed by atoms with E-state index in [0.29, 0.717) is 17.5 Å². The van der Waals surface area contributed by atoms with Crippen molar-refractivity contribution in [1.29, 1.82) is 0 Å². The van der Waals surface area contributed by atoms with Crippen molar-refractivity contribution in [3.8, 4) is 0 Å². The zero-order valence-corrected chi connectivity index (χ0v) is 16.3. The summed E-state index contributed by atoms with van der Waals surface area (Å²) in [5, 5.41) is 2.67. The minimum atomic E-state index is -0.520. The van der Waals surface area contributed by atoms with Crippen LogP contribution in [0.4, 0.5) is 15.9 Å². The molecule has 2 aromatic heterocycles. The predicted octanol–water partition coefficient (Wildman–Crippen LogP) is 2.71. The molecule has 1 N–H and O–H groups in total. The maximum atomic E-state index is 14.7. The Kier molecular flexibility index (Phi) is 4.43. The summed E-state index contributed by atoms with van der Waals surface area (Å²) in [4.78, 5) is 25.8. The minimum Gasteiger partial charge on any atom is -0.369 e. The van der Waals surface area contributed by atoms with Gasteiger partial charge in [-0.1, -0.05) is 0 Å². The molecule has 1 amide bonds. The van der Waals surface area contributed by atoms with E-state index in [-0.39, 0.29) is 5.56 Å². The topological polar surface area (TPSA) is 65.8 Å². The Hall–Kier alpha value is -3.00. The fourth-order valence-electron chi connectivity index (χ4n) is 4.38. The van der Waals surface area contributed by atoms with Gasteiger partial charge < -0.3 is 14.6 Å². The van der Waals surface area contributed by atoms with E-state index in [1.165, 1.54) is 25.5 Å². The van der Waals surface area contributed by atoms with E-state index in [1.54, 1.807) is 22.9 Å². The molecule has 1 unspecified atom stereocenters. The summed E-state index contributed by atoms with van der Waals surface area (Å²) in [6, 6.07) is 5.41. The normalized spacial score (nSPS) is 19.5. The van der Waals surface area contributed by atoms with Gasteiger partial charge in [0.25, 0.3) is 5.91 Å². The molecule has 2 fully saturated rings. The van der Waals surface area contributed by atoms with Crippen LogP contribution in [0.15, 0.2) is 36.8 Å². The van der Waals surface area contributed by atoms with Gasteiger partial charge in [0, 0.05) is 37.6 Å². The van der Waals surface area contributed by atoms with Gasteiger partial charge in [0.1, 0.15) is 11.6 Å². The van der Waals surface area contributed by atoms with E-state index in [2.05, 4.69) is 25.1 Å². The third-order valence-corrected chi connectivity index (χ3v) is 5.85. The fraction of sp³-hybridized carbons (Fsp3) is 0.381. The van der Waals surface area contributed by atoms with Crippen molar-refractivity contribution in [2.45, 2.75) is 25.8 Å². The third kappa shape index (κ3) is 3.44. The van der Waals surface area contributed by atoms with Crippen molar-refractivity contribution in [3.63, 3.8) is 0 Å². The molecule has 0 bridgehead atoms. The quantitative estimate of drug-likeness (QED) is 0.740. The van der Waals surface area contributed by atoms with Gasteiger partial charge in [0.05, 0.1) is 23.7 Å². The largest absolute Gasteiger partial charge is 0.369 e. The second-order valence-electron chi connectivity index (χ2n) is 7.82. The monoisotopic (exact) mass is 394 g/mol. The SMILES string of the molecule is Cc1cn2cc(NC(=O)c3ccc(N4CCN5CCCC5C4)cc3F)ncc2n1. The summed E-state index contributed by atoms with van der Waals surface area (Å²) in [7, 11) is 0. The lowest BCUT2D eigenvalue weighted by atomic mass is 10.1. The molecule has 1 atom stereocenters. The van der Waals surface area contributed by atoms with Crippen molar-refractivity contribution in [3.05, 3.63) is 53.9 Å². The van der Waals surface area contributed by atoms with E-state index in [1.807, 2.05) is 19.2 Å². The molecule has 5 rings (SSSR count). The molecule has 0 radical (unpaired) electrons. The van der Waals surface area contributed by atoms with Crippen LogP contribution in [0, 0.1) is 12.7 Å². The molecular weight excluding hydrogens is 371 g/mol. The van der Waals surface area contributed by atoms with Crippen LogP contribution in [0.1, 0.15) is 28.9 Å². The number of hydrogen-bond donors (Lipinski definition) is 1. The first kappa shape index (κ1) is 18.1. The van der Waals surface area contributed by atoms with Crippen molar-refractivity contribution in [2.24, 2.45) is 0 Å². The molecule has 4 heterocycles. The number of imidazole rings is 1. The van der Waals surface area contributed by atoms with Gasteiger partial charge in [0.15, 0.2) is 5.65 Å². The zero-order chi connectivity index (χ0) is 20.0. The number of rotatable bonds is 3. The number of aromatic nitrogens is 3. The van der Waals surface area contributed by atoms with Gasteiger partial charge in [-0.05, 0) is 44.5 Å². The number of halogens is 1. The van der Waals surface area contributed by atoms with Crippen LogP contribution in [-0.2, 0) is 0 Å². The standard InChI is InChI=1S/C21H23FN6O/c1-14-11-28-13-19(23-10-20(28)24-14)25-21(29)17-5-4-15(9-18(17)22)27-8-7-26-6-2-3-16(26)12-27/h4-5,9-11,13,16H,2-3,6-8,12H2,1H3,(H,25,29). The molecule has 1 aromatic carbocycles. The molecule has 2 saturated heterocycles. The number of nitrogens with zero attached hydrogens (tertiary/aromatic N) is 5.